The summed E-state index contributed by atoms with van der Waals surface area (Å²) in [6, 6.07) is 1.73. The van der Waals surface area contributed by atoms with E-state index >= 15 is 0 Å². The normalized spacial score (nSPS) is 21.6. The van der Waals surface area contributed by atoms with E-state index in [9.17, 15) is 22.8 Å². The summed E-state index contributed by atoms with van der Waals surface area (Å²) in [5.41, 5.74) is -0.473. The first-order chi connectivity index (χ1) is 13.4. The summed E-state index contributed by atoms with van der Waals surface area (Å²) in [4.78, 5) is 28.8. The molecule has 2 heterocycles. The summed E-state index contributed by atoms with van der Waals surface area (Å²) < 4.78 is 39.7. The zero-order chi connectivity index (χ0) is 20.3. The first-order valence-corrected chi connectivity index (χ1v) is 9.56. The van der Waals surface area contributed by atoms with E-state index in [4.69, 9.17) is 0 Å². The van der Waals surface area contributed by atoms with E-state index in [2.05, 4.69) is 20.4 Å². The Morgan fingerprint density at radius 3 is 2.57 bits per heavy atom. The second-order valence-corrected chi connectivity index (χ2v) is 7.35. The Labute approximate surface area is 162 Å². The van der Waals surface area contributed by atoms with Crippen LogP contribution in [0.5, 0.6) is 0 Å². The Bertz CT molecular complexity index is 740. The number of hydrogen-bond acceptors (Lipinski definition) is 4. The molecule has 0 radical (unpaired) electrons. The first-order valence-electron chi connectivity index (χ1n) is 9.56. The lowest BCUT2D eigenvalue weighted by Gasteiger charge is -2.26. The molecule has 0 spiro atoms. The van der Waals surface area contributed by atoms with Crippen molar-refractivity contribution in [1.82, 2.24) is 15.1 Å². The van der Waals surface area contributed by atoms with Gasteiger partial charge in [0.25, 0.3) is 0 Å². The molecule has 2 fully saturated rings. The Morgan fingerprint density at radius 2 is 1.86 bits per heavy atom. The number of carbonyl (C=O) groups excluding carboxylic acids is 2. The number of amides is 2. The lowest BCUT2D eigenvalue weighted by atomic mass is 10.2. The van der Waals surface area contributed by atoms with Gasteiger partial charge in [0.1, 0.15) is 0 Å². The van der Waals surface area contributed by atoms with Gasteiger partial charge in [0.15, 0.2) is 17.5 Å². The van der Waals surface area contributed by atoms with E-state index in [1.54, 1.807) is 6.92 Å². The van der Waals surface area contributed by atoms with Gasteiger partial charge in [0.05, 0.1) is 18.3 Å². The lowest BCUT2D eigenvalue weighted by molar-refractivity contribution is -0.127. The maximum Gasteiger partial charge on any atom is 0.243 e. The molecule has 0 bridgehead atoms. The van der Waals surface area contributed by atoms with E-state index in [1.165, 1.54) is 12.8 Å². The molecule has 2 N–H and O–H groups in total. The number of likely N-dealkylation sites (tertiary alicyclic amines) is 2. The van der Waals surface area contributed by atoms with Crippen molar-refractivity contribution in [3.8, 4) is 0 Å². The van der Waals surface area contributed by atoms with Crippen molar-refractivity contribution in [2.75, 3.05) is 38.0 Å². The van der Waals surface area contributed by atoms with Gasteiger partial charge in [-0.05, 0) is 51.4 Å². The lowest BCUT2D eigenvalue weighted by Crippen LogP contribution is -2.47. The number of nitrogens with zero attached hydrogens (tertiary/aromatic N) is 2. The largest absolute Gasteiger partial charge is 0.346 e. The van der Waals surface area contributed by atoms with Crippen molar-refractivity contribution in [3.63, 3.8) is 0 Å². The molecule has 2 aliphatic rings. The monoisotopic (exact) mass is 398 g/mol. The van der Waals surface area contributed by atoms with Gasteiger partial charge in [0.2, 0.25) is 11.8 Å². The molecule has 0 aliphatic carbocycles. The van der Waals surface area contributed by atoms with Crippen molar-refractivity contribution in [1.29, 1.82) is 0 Å². The number of rotatable bonds is 6. The summed E-state index contributed by atoms with van der Waals surface area (Å²) in [5, 5.41) is 4.64. The van der Waals surface area contributed by atoms with Crippen molar-refractivity contribution in [3.05, 3.63) is 29.6 Å². The molecule has 6 nitrogen and oxygen atoms in total. The van der Waals surface area contributed by atoms with Crippen LogP contribution in [0, 0.1) is 17.5 Å². The highest BCUT2D eigenvalue weighted by molar-refractivity contribution is 5.95. The number of benzene rings is 1. The Hall–Kier alpha value is -2.13. The molecule has 3 rings (SSSR count). The molecule has 2 unspecified atom stereocenters. The van der Waals surface area contributed by atoms with Gasteiger partial charge in [-0.15, -0.1) is 0 Å². The Balaban J connectivity index is 1.45. The Morgan fingerprint density at radius 1 is 1.14 bits per heavy atom. The molecule has 2 amide bonds. The quantitative estimate of drug-likeness (QED) is 0.717. The van der Waals surface area contributed by atoms with Gasteiger partial charge < -0.3 is 10.6 Å². The van der Waals surface area contributed by atoms with Crippen molar-refractivity contribution in [2.45, 2.75) is 38.3 Å². The standard InChI is InChI=1S/C19H25F3N4O2/c1-12(26-9-6-13(11-26)25-7-2-3-8-25)19(28)23-10-16(27)24-15-5-4-14(20)17(21)18(15)22/h4-5,12-13H,2-3,6-11H2,1H3,(H,23,28)(H,24,27). The zero-order valence-electron chi connectivity index (χ0n) is 15.8. The topological polar surface area (TPSA) is 64.7 Å². The van der Waals surface area contributed by atoms with Crippen LogP contribution in [0.2, 0.25) is 0 Å². The Kier molecular flexibility index (Phi) is 6.56. The number of hydrogen-bond donors (Lipinski definition) is 2. The fourth-order valence-electron chi connectivity index (χ4n) is 3.82. The molecule has 2 saturated heterocycles. The predicted molar refractivity (Wildman–Crippen MR) is 98.2 cm³/mol. The third-order valence-corrected chi connectivity index (χ3v) is 5.51. The van der Waals surface area contributed by atoms with E-state index in [1.807, 2.05) is 0 Å². The van der Waals surface area contributed by atoms with Gasteiger partial charge in [-0.3, -0.25) is 19.4 Å². The van der Waals surface area contributed by atoms with E-state index < -0.39 is 29.0 Å². The van der Waals surface area contributed by atoms with Gasteiger partial charge in [-0.25, -0.2) is 13.2 Å². The van der Waals surface area contributed by atoms with Crippen LogP contribution >= 0.6 is 0 Å². The number of halogens is 3. The minimum Gasteiger partial charge on any atom is -0.346 e. The smallest absolute Gasteiger partial charge is 0.243 e. The average Bonchev–Trinajstić information content (AvgIpc) is 3.37. The third-order valence-electron chi connectivity index (χ3n) is 5.51. The molecule has 1 aromatic carbocycles. The first kappa shape index (κ1) is 20.6. The van der Waals surface area contributed by atoms with Crippen LogP contribution in [0.25, 0.3) is 0 Å². The van der Waals surface area contributed by atoms with Crippen LogP contribution in [0.15, 0.2) is 12.1 Å². The third kappa shape index (κ3) is 4.64. The van der Waals surface area contributed by atoms with Gasteiger partial charge in [0, 0.05) is 19.1 Å². The van der Waals surface area contributed by atoms with Crippen LogP contribution in [-0.4, -0.2) is 66.4 Å². The molecule has 9 heteroatoms. The van der Waals surface area contributed by atoms with Gasteiger partial charge in [-0.1, -0.05) is 0 Å². The summed E-state index contributed by atoms with van der Waals surface area (Å²) >= 11 is 0. The van der Waals surface area contributed by atoms with E-state index in [-0.39, 0.29) is 18.5 Å². The summed E-state index contributed by atoms with van der Waals surface area (Å²) in [5.74, 6) is -5.49. The maximum absolute atomic E-state index is 13.6. The highest BCUT2D eigenvalue weighted by atomic mass is 19.2. The van der Waals surface area contributed by atoms with Crippen molar-refractivity contribution < 1.29 is 22.8 Å². The number of nitrogens with one attached hydrogen (secondary N) is 2. The fraction of sp³-hybridized carbons (Fsp3) is 0.579. The predicted octanol–water partition coefficient (Wildman–Crippen LogP) is 1.72. The SMILES string of the molecule is CC(C(=O)NCC(=O)Nc1ccc(F)c(F)c1F)N1CCC(N2CCCC2)C1. The second kappa shape index (κ2) is 8.91. The van der Waals surface area contributed by atoms with Gasteiger partial charge >= 0.3 is 0 Å². The molecule has 1 aromatic rings. The van der Waals surface area contributed by atoms with Crippen LogP contribution in [0.4, 0.5) is 18.9 Å². The minimum atomic E-state index is -1.66. The van der Waals surface area contributed by atoms with Crippen molar-refractivity contribution >= 4 is 17.5 Å². The highest BCUT2D eigenvalue weighted by Gasteiger charge is 2.33. The fourth-order valence-corrected chi connectivity index (χ4v) is 3.82. The van der Waals surface area contributed by atoms with Crippen LogP contribution < -0.4 is 10.6 Å². The summed E-state index contributed by atoms with van der Waals surface area (Å²) in [7, 11) is 0. The minimum absolute atomic E-state index is 0.303. The molecular formula is C19H25F3N4O2. The summed E-state index contributed by atoms with van der Waals surface area (Å²) in [6.45, 7) is 5.27. The number of carbonyl (C=O) groups is 2. The highest BCUT2D eigenvalue weighted by Crippen LogP contribution is 2.22. The molecule has 2 aliphatic heterocycles. The summed E-state index contributed by atoms with van der Waals surface area (Å²) in [6.07, 6.45) is 3.47. The molecule has 28 heavy (non-hydrogen) atoms. The van der Waals surface area contributed by atoms with Crippen molar-refractivity contribution in [2.24, 2.45) is 0 Å². The van der Waals surface area contributed by atoms with E-state index in [0.717, 1.165) is 44.7 Å². The average molecular weight is 398 g/mol. The van der Waals surface area contributed by atoms with Crippen LogP contribution in [0.3, 0.4) is 0 Å². The zero-order valence-corrected chi connectivity index (χ0v) is 15.8. The molecule has 0 aromatic heterocycles. The van der Waals surface area contributed by atoms with E-state index in [0.29, 0.717) is 6.04 Å². The number of anilines is 1. The maximum atomic E-state index is 13.6. The molecule has 154 valence electrons. The van der Waals surface area contributed by atoms with Gasteiger partial charge in [-0.2, -0.15) is 0 Å². The van der Waals surface area contributed by atoms with Crippen LogP contribution in [-0.2, 0) is 9.59 Å². The molecule has 0 saturated carbocycles. The molecular weight excluding hydrogens is 373 g/mol. The molecule has 2 atom stereocenters. The van der Waals surface area contributed by atoms with Crippen LogP contribution in [0.1, 0.15) is 26.2 Å². The second-order valence-electron chi connectivity index (χ2n) is 7.35.